The first-order chi connectivity index (χ1) is 20.0. The van der Waals surface area contributed by atoms with Crippen LogP contribution in [0.2, 0.25) is 0 Å². The van der Waals surface area contributed by atoms with Crippen LogP contribution in [0.15, 0.2) is 46.0 Å². The van der Waals surface area contributed by atoms with Crippen LogP contribution in [0, 0.1) is 0 Å². The number of carbonyl (C=O) groups excluding carboxylic acids is 2. The minimum atomic E-state index is -0.794. The van der Waals surface area contributed by atoms with E-state index in [-0.39, 0.29) is 24.8 Å². The summed E-state index contributed by atoms with van der Waals surface area (Å²) in [4.78, 5) is 50.5. The molecule has 0 spiro atoms. The van der Waals surface area contributed by atoms with E-state index in [1.165, 1.54) is 90.6 Å². The lowest BCUT2D eigenvalue weighted by molar-refractivity contribution is -0.144. The number of methoxy groups -OCH3 is 1. The topological polar surface area (TPSA) is 96.6 Å². The van der Waals surface area contributed by atoms with Gasteiger partial charge >= 0.3 is 11.7 Å². The summed E-state index contributed by atoms with van der Waals surface area (Å²) in [5.41, 5.74) is -1.05. The highest BCUT2D eigenvalue weighted by Crippen LogP contribution is 2.14. The van der Waals surface area contributed by atoms with Crippen molar-refractivity contribution in [3.05, 3.63) is 62.8 Å². The Bertz CT molecular complexity index is 1140. The van der Waals surface area contributed by atoms with Gasteiger partial charge in [-0.1, -0.05) is 134 Å². The number of nitrogens with zero attached hydrogens (tertiary/aromatic N) is 2. The van der Waals surface area contributed by atoms with Gasteiger partial charge in [0.25, 0.3) is 5.56 Å². The lowest BCUT2D eigenvalue weighted by Gasteiger charge is -2.13. The summed E-state index contributed by atoms with van der Waals surface area (Å²) >= 11 is 0. The molecule has 0 unspecified atom stereocenters. The molecule has 0 aliphatic carbocycles. The standard InChI is InChI=1S/C33H50N2O6/c1-3-4-5-6-7-8-9-10-11-12-13-14-15-16-17-21-24-41-32(38)27-34-30(37)25-31(40-2)35(33(34)39)26-29(36)28-22-19-18-20-23-28/h18-20,22-23,25H,3-17,21,24,26-27H2,1-2H3. The maximum atomic E-state index is 13.0. The molecule has 1 aromatic heterocycles. The summed E-state index contributed by atoms with van der Waals surface area (Å²) in [6.45, 7) is 1.68. The Morgan fingerprint density at radius 2 is 1.20 bits per heavy atom. The number of esters is 1. The molecule has 0 saturated carbocycles. The fourth-order valence-electron chi connectivity index (χ4n) is 4.93. The van der Waals surface area contributed by atoms with Gasteiger partial charge in [-0.05, 0) is 6.42 Å². The van der Waals surface area contributed by atoms with Crippen molar-refractivity contribution in [1.82, 2.24) is 9.13 Å². The molecule has 8 heteroatoms. The molecule has 41 heavy (non-hydrogen) atoms. The van der Waals surface area contributed by atoms with Gasteiger partial charge < -0.3 is 9.47 Å². The van der Waals surface area contributed by atoms with E-state index >= 15 is 0 Å². The van der Waals surface area contributed by atoms with Crippen molar-refractivity contribution in [3.8, 4) is 5.88 Å². The zero-order valence-electron chi connectivity index (χ0n) is 25.2. The van der Waals surface area contributed by atoms with Gasteiger partial charge in [0, 0.05) is 5.56 Å². The van der Waals surface area contributed by atoms with Crippen LogP contribution in [0.1, 0.15) is 120 Å². The predicted molar refractivity (Wildman–Crippen MR) is 163 cm³/mol. The number of hydrogen-bond donors (Lipinski definition) is 0. The molecule has 0 amide bonds. The third-order valence-corrected chi connectivity index (χ3v) is 7.40. The number of unbranched alkanes of at least 4 members (excludes halogenated alkanes) is 15. The van der Waals surface area contributed by atoms with Crippen molar-refractivity contribution in [3.63, 3.8) is 0 Å². The minimum Gasteiger partial charge on any atom is -0.482 e. The molecular formula is C33H50N2O6. The van der Waals surface area contributed by atoms with Crippen molar-refractivity contribution in [1.29, 1.82) is 0 Å². The third-order valence-electron chi connectivity index (χ3n) is 7.40. The molecule has 0 bridgehead atoms. The van der Waals surface area contributed by atoms with Gasteiger partial charge in [0.2, 0.25) is 5.88 Å². The molecular weight excluding hydrogens is 520 g/mol. The largest absolute Gasteiger partial charge is 0.482 e. The second-order valence-electron chi connectivity index (χ2n) is 10.8. The SMILES string of the molecule is CCCCCCCCCCCCCCCCCCOC(=O)Cn1c(=O)cc(OC)n(CC(=O)c2ccccc2)c1=O. The Labute approximate surface area is 245 Å². The number of ketones is 1. The van der Waals surface area contributed by atoms with Crippen molar-refractivity contribution in [2.75, 3.05) is 13.7 Å². The first-order valence-corrected chi connectivity index (χ1v) is 15.6. The van der Waals surface area contributed by atoms with Crippen molar-refractivity contribution < 1.29 is 19.1 Å². The zero-order chi connectivity index (χ0) is 29.7. The maximum absolute atomic E-state index is 13.0. The van der Waals surface area contributed by atoms with Gasteiger partial charge in [-0.3, -0.25) is 19.0 Å². The van der Waals surface area contributed by atoms with Gasteiger partial charge in [-0.25, -0.2) is 9.36 Å². The summed E-state index contributed by atoms with van der Waals surface area (Å²) in [5, 5.41) is 0. The molecule has 8 nitrogen and oxygen atoms in total. The minimum absolute atomic E-state index is 0.0398. The van der Waals surface area contributed by atoms with E-state index in [4.69, 9.17) is 9.47 Å². The maximum Gasteiger partial charge on any atom is 0.334 e. The highest BCUT2D eigenvalue weighted by Gasteiger charge is 2.18. The molecule has 228 valence electrons. The molecule has 2 aromatic rings. The Hall–Kier alpha value is -3.16. The molecule has 0 fully saturated rings. The molecule has 2 rings (SSSR count). The van der Waals surface area contributed by atoms with E-state index in [9.17, 15) is 19.2 Å². The second-order valence-corrected chi connectivity index (χ2v) is 10.8. The van der Waals surface area contributed by atoms with Crippen LogP contribution in [0.3, 0.4) is 0 Å². The number of benzene rings is 1. The Balaban J connectivity index is 1.62. The van der Waals surface area contributed by atoms with E-state index in [0.29, 0.717) is 5.56 Å². The monoisotopic (exact) mass is 570 g/mol. The molecule has 0 aliphatic rings. The summed E-state index contributed by atoms with van der Waals surface area (Å²) < 4.78 is 12.3. The summed E-state index contributed by atoms with van der Waals surface area (Å²) in [7, 11) is 1.31. The van der Waals surface area contributed by atoms with Crippen molar-refractivity contribution >= 4 is 11.8 Å². The Morgan fingerprint density at radius 1 is 0.683 bits per heavy atom. The molecule has 0 atom stereocenters. The number of aromatic nitrogens is 2. The fraction of sp³-hybridized carbons (Fsp3) is 0.636. The molecule has 1 aromatic carbocycles. The molecule has 0 saturated heterocycles. The van der Waals surface area contributed by atoms with Crippen LogP contribution in [0.4, 0.5) is 0 Å². The normalized spacial score (nSPS) is 11.0. The van der Waals surface area contributed by atoms with Crippen LogP contribution in [-0.4, -0.2) is 34.6 Å². The van der Waals surface area contributed by atoms with E-state index in [0.717, 1.165) is 34.5 Å². The molecule has 0 N–H and O–H groups in total. The Morgan fingerprint density at radius 3 is 1.71 bits per heavy atom. The smallest absolute Gasteiger partial charge is 0.334 e. The van der Waals surface area contributed by atoms with E-state index in [2.05, 4.69) is 6.92 Å². The van der Waals surface area contributed by atoms with Crippen molar-refractivity contribution in [2.24, 2.45) is 0 Å². The van der Waals surface area contributed by atoms with Gasteiger partial charge in [0.15, 0.2) is 5.78 Å². The lowest BCUT2D eigenvalue weighted by Crippen LogP contribution is -2.42. The van der Waals surface area contributed by atoms with Crippen LogP contribution in [0.5, 0.6) is 5.88 Å². The summed E-state index contributed by atoms with van der Waals surface area (Å²) in [5.74, 6) is -1.01. The molecule has 0 aliphatic heterocycles. The summed E-state index contributed by atoms with van der Waals surface area (Å²) in [6, 6.07) is 9.63. The highest BCUT2D eigenvalue weighted by atomic mass is 16.5. The first-order valence-electron chi connectivity index (χ1n) is 15.6. The van der Waals surface area contributed by atoms with E-state index in [1.807, 2.05) is 0 Å². The lowest BCUT2D eigenvalue weighted by atomic mass is 10.0. The average Bonchev–Trinajstić information content (AvgIpc) is 2.98. The summed E-state index contributed by atoms with van der Waals surface area (Å²) in [6.07, 6.45) is 20.2. The number of ether oxygens (including phenoxy) is 2. The number of rotatable bonds is 23. The quantitative estimate of drug-likeness (QED) is 0.0837. The van der Waals surface area contributed by atoms with Crippen LogP contribution in [-0.2, 0) is 22.6 Å². The van der Waals surface area contributed by atoms with E-state index < -0.39 is 23.8 Å². The highest BCUT2D eigenvalue weighted by molar-refractivity contribution is 5.95. The number of hydrogen-bond acceptors (Lipinski definition) is 6. The fourth-order valence-corrected chi connectivity index (χ4v) is 4.93. The van der Waals surface area contributed by atoms with Gasteiger partial charge in [0.05, 0.1) is 26.3 Å². The average molecular weight is 571 g/mol. The number of Topliss-reactive ketones (excluding diaryl/α,β-unsaturated/α-hetero) is 1. The van der Waals surface area contributed by atoms with Gasteiger partial charge in [0.1, 0.15) is 6.54 Å². The predicted octanol–water partition coefficient (Wildman–Crippen LogP) is 6.71. The number of carbonyl (C=O) groups is 2. The third kappa shape index (κ3) is 13.4. The first kappa shape index (κ1) is 34.0. The van der Waals surface area contributed by atoms with Crippen LogP contribution in [0.25, 0.3) is 0 Å². The zero-order valence-corrected chi connectivity index (χ0v) is 25.2. The van der Waals surface area contributed by atoms with Gasteiger partial charge in [-0.2, -0.15) is 0 Å². The van der Waals surface area contributed by atoms with Crippen LogP contribution < -0.4 is 16.0 Å². The van der Waals surface area contributed by atoms with E-state index in [1.54, 1.807) is 30.3 Å². The van der Waals surface area contributed by atoms with Gasteiger partial charge in [-0.15, -0.1) is 0 Å². The Kier molecular flexibility index (Phi) is 17.2. The molecule has 0 radical (unpaired) electrons. The van der Waals surface area contributed by atoms with Crippen molar-refractivity contribution in [2.45, 2.75) is 123 Å². The van der Waals surface area contributed by atoms with Crippen LogP contribution >= 0.6 is 0 Å². The molecule has 1 heterocycles. The second kappa shape index (κ2) is 20.7.